The molecule has 0 atom stereocenters. The molecule has 0 saturated carbocycles. The van der Waals surface area contributed by atoms with Gasteiger partial charge in [0.15, 0.2) is 11.5 Å². The van der Waals surface area contributed by atoms with Gasteiger partial charge in [-0.3, -0.25) is 4.79 Å². The largest absolute Gasteiger partial charge is 0.467 e. The maximum Gasteiger partial charge on any atom is 0.252 e. The van der Waals surface area contributed by atoms with Gasteiger partial charge >= 0.3 is 0 Å². The van der Waals surface area contributed by atoms with Crippen LogP contribution >= 0.6 is 0 Å². The molecule has 1 N–H and O–H groups in total. The second kappa shape index (κ2) is 9.07. The van der Waals surface area contributed by atoms with Crippen LogP contribution in [0, 0.1) is 6.92 Å². The molecule has 4 heterocycles. The number of benzene rings is 1. The average Bonchev–Trinajstić information content (AvgIpc) is 3.59. The number of pyridine rings is 1. The summed E-state index contributed by atoms with van der Waals surface area (Å²) < 4.78 is 12.3. The minimum absolute atomic E-state index is 0.182. The molecule has 0 spiro atoms. The van der Waals surface area contributed by atoms with Crippen LogP contribution in [0.3, 0.4) is 0 Å². The summed E-state index contributed by atoms with van der Waals surface area (Å²) in [4.78, 5) is 22.1. The molecular formula is C24H22N6O3. The lowest BCUT2D eigenvalue weighted by Crippen LogP contribution is -2.25. The van der Waals surface area contributed by atoms with E-state index in [1.807, 2.05) is 48.5 Å². The van der Waals surface area contributed by atoms with Gasteiger partial charge in [-0.2, -0.15) is 10.1 Å². The van der Waals surface area contributed by atoms with Crippen molar-refractivity contribution in [1.29, 1.82) is 0 Å². The number of hydrogen-bond acceptors (Lipinski definition) is 7. The maximum atomic E-state index is 13.1. The van der Waals surface area contributed by atoms with Gasteiger partial charge in [0.25, 0.3) is 5.91 Å². The minimum Gasteiger partial charge on any atom is -0.467 e. The second-order valence-electron chi connectivity index (χ2n) is 7.63. The molecule has 9 heteroatoms. The molecule has 1 amide bonds. The summed E-state index contributed by atoms with van der Waals surface area (Å²) >= 11 is 0. The number of nitrogens with zero attached hydrogens (tertiary/aromatic N) is 5. The van der Waals surface area contributed by atoms with Crippen LogP contribution in [0.5, 0.6) is 0 Å². The highest BCUT2D eigenvalue weighted by Gasteiger charge is 2.18. The second-order valence-corrected chi connectivity index (χ2v) is 7.63. The van der Waals surface area contributed by atoms with Crippen LogP contribution in [-0.2, 0) is 13.0 Å². The van der Waals surface area contributed by atoms with Crippen LogP contribution in [0.4, 0.5) is 0 Å². The first-order chi connectivity index (χ1) is 16.2. The molecule has 0 aliphatic carbocycles. The van der Waals surface area contributed by atoms with Gasteiger partial charge in [-0.25, -0.2) is 9.67 Å². The van der Waals surface area contributed by atoms with E-state index in [9.17, 15) is 4.79 Å². The molecule has 5 rings (SSSR count). The fraction of sp³-hybridized carbons (Fsp3) is 0.208. The number of aryl methyl sites for hydroxylation is 2. The van der Waals surface area contributed by atoms with Gasteiger partial charge in [0.1, 0.15) is 12.3 Å². The molecule has 33 heavy (non-hydrogen) atoms. The number of carbonyl (C=O) groups excluding carboxylic acids is 1. The zero-order chi connectivity index (χ0) is 22.6. The van der Waals surface area contributed by atoms with Crippen molar-refractivity contribution in [3.63, 3.8) is 0 Å². The molecule has 0 aliphatic rings. The van der Waals surface area contributed by atoms with E-state index in [-0.39, 0.29) is 5.91 Å². The van der Waals surface area contributed by atoms with E-state index in [1.165, 1.54) is 0 Å². The summed E-state index contributed by atoms with van der Waals surface area (Å²) in [6.07, 6.45) is 4.59. The molecule has 4 aromatic heterocycles. The van der Waals surface area contributed by atoms with Crippen molar-refractivity contribution in [1.82, 2.24) is 30.2 Å². The molecule has 0 aliphatic heterocycles. The smallest absolute Gasteiger partial charge is 0.252 e. The molecule has 1 aromatic carbocycles. The van der Waals surface area contributed by atoms with Crippen molar-refractivity contribution in [3.8, 4) is 11.3 Å². The first-order valence-corrected chi connectivity index (χ1v) is 10.7. The highest BCUT2D eigenvalue weighted by molar-refractivity contribution is 6.06. The van der Waals surface area contributed by atoms with Crippen molar-refractivity contribution in [2.45, 2.75) is 26.3 Å². The fourth-order valence-corrected chi connectivity index (χ4v) is 3.64. The number of fused-ring (bicyclic) bond motifs is 1. The van der Waals surface area contributed by atoms with E-state index in [0.29, 0.717) is 59.9 Å². The van der Waals surface area contributed by atoms with E-state index in [0.717, 1.165) is 11.3 Å². The summed E-state index contributed by atoms with van der Waals surface area (Å²) in [7, 11) is 0. The number of furan rings is 1. The van der Waals surface area contributed by atoms with Gasteiger partial charge in [-0.1, -0.05) is 35.5 Å². The first-order valence-electron chi connectivity index (χ1n) is 10.7. The third-order valence-corrected chi connectivity index (χ3v) is 5.23. The molecule has 0 radical (unpaired) electrons. The monoisotopic (exact) mass is 442 g/mol. The fourth-order valence-electron chi connectivity index (χ4n) is 3.64. The zero-order valence-electron chi connectivity index (χ0n) is 18.1. The lowest BCUT2D eigenvalue weighted by Gasteiger charge is -2.09. The number of amides is 1. The Bertz CT molecular complexity index is 1370. The Morgan fingerprint density at radius 1 is 1.12 bits per heavy atom. The Kier molecular flexibility index (Phi) is 5.67. The van der Waals surface area contributed by atoms with Crippen molar-refractivity contribution in [2.75, 3.05) is 6.54 Å². The van der Waals surface area contributed by atoms with Gasteiger partial charge in [-0.05, 0) is 31.5 Å². The molecule has 0 bridgehead atoms. The third kappa shape index (κ3) is 4.52. The van der Waals surface area contributed by atoms with E-state index >= 15 is 0 Å². The van der Waals surface area contributed by atoms with E-state index in [1.54, 1.807) is 24.1 Å². The molecule has 0 saturated heterocycles. The van der Waals surface area contributed by atoms with E-state index in [2.05, 4.69) is 20.6 Å². The first kappa shape index (κ1) is 20.6. The normalized spacial score (nSPS) is 11.2. The van der Waals surface area contributed by atoms with Crippen LogP contribution in [0.1, 0.15) is 34.3 Å². The molecule has 0 unspecified atom stereocenters. The lowest BCUT2D eigenvalue weighted by atomic mass is 10.1. The zero-order valence-corrected chi connectivity index (χ0v) is 18.1. The SMILES string of the molecule is Cc1noc(CCCNC(=O)c2cc(-c3ccccc3)nc3c2cnn3Cc2ccco2)n1. The predicted molar refractivity (Wildman–Crippen MR) is 120 cm³/mol. The molecular weight excluding hydrogens is 420 g/mol. The van der Waals surface area contributed by atoms with Crippen molar-refractivity contribution >= 4 is 16.9 Å². The van der Waals surface area contributed by atoms with Crippen LogP contribution < -0.4 is 5.32 Å². The molecule has 166 valence electrons. The summed E-state index contributed by atoms with van der Waals surface area (Å²) in [5, 5.41) is 11.9. The van der Waals surface area contributed by atoms with Gasteiger partial charge < -0.3 is 14.3 Å². The summed E-state index contributed by atoms with van der Waals surface area (Å²) in [5.74, 6) is 1.75. The highest BCUT2D eigenvalue weighted by Crippen LogP contribution is 2.25. The number of hydrogen-bond donors (Lipinski definition) is 1. The Morgan fingerprint density at radius 3 is 2.76 bits per heavy atom. The predicted octanol–water partition coefficient (Wildman–Crippen LogP) is 3.79. The van der Waals surface area contributed by atoms with Crippen LogP contribution in [0.2, 0.25) is 0 Å². The minimum atomic E-state index is -0.182. The van der Waals surface area contributed by atoms with Crippen molar-refractivity contribution < 1.29 is 13.7 Å². The van der Waals surface area contributed by atoms with Crippen LogP contribution in [-0.4, -0.2) is 37.4 Å². The van der Waals surface area contributed by atoms with Crippen molar-refractivity contribution in [3.05, 3.63) is 84.0 Å². The van der Waals surface area contributed by atoms with Crippen LogP contribution in [0.15, 0.2) is 69.9 Å². The topological polar surface area (TPSA) is 112 Å². The maximum absolute atomic E-state index is 13.1. The molecule has 0 fully saturated rings. The highest BCUT2D eigenvalue weighted by atomic mass is 16.5. The van der Waals surface area contributed by atoms with Gasteiger partial charge in [0, 0.05) is 18.5 Å². The Hall–Kier alpha value is -4.27. The van der Waals surface area contributed by atoms with E-state index < -0.39 is 0 Å². The number of rotatable bonds is 8. The number of aromatic nitrogens is 5. The van der Waals surface area contributed by atoms with E-state index in [4.69, 9.17) is 13.9 Å². The molecule has 9 nitrogen and oxygen atoms in total. The quantitative estimate of drug-likeness (QED) is 0.364. The van der Waals surface area contributed by atoms with Crippen molar-refractivity contribution in [2.24, 2.45) is 0 Å². The standard InChI is InChI=1S/C24H22N6O3/c1-16-27-22(33-29-16)10-5-11-25-24(31)19-13-21(17-7-3-2-4-8-17)28-23-20(19)14-26-30(23)15-18-9-6-12-32-18/h2-4,6-9,12-14H,5,10-11,15H2,1H3,(H,25,31). The van der Waals surface area contributed by atoms with Gasteiger partial charge in [0.2, 0.25) is 5.89 Å². The third-order valence-electron chi connectivity index (χ3n) is 5.23. The van der Waals surface area contributed by atoms with Gasteiger partial charge in [0.05, 0.1) is 29.1 Å². The number of carbonyl (C=O) groups is 1. The Morgan fingerprint density at radius 2 is 2.00 bits per heavy atom. The Balaban J connectivity index is 1.42. The Labute approximate surface area is 189 Å². The summed E-state index contributed by atoms with van der Waals surface area (Å²) in [6, 6.07) is 15.3. The molecule has 5 aromatic rings. The summed E-state index contributed by atoms with van der Waals surface area (Å²) in [5.41, 5.74) is 2.78. The van der Waals surface area contributed by atoms with Crippen LogP contribution in [0.25, 0.3) is 22.3 Å². The van der Waals surface area contributed by atoms with Gasteiger partial charge in [-0.15, -0.1) is 0 Å². The average molecular weight is 442 g/mol. The summed E-state index contributed by atoms with van der Waals surface area (Å²) in [6.45, 7) is 2.68. The lowest BCUT2D eigenvalue weighted by molar-refractivity contribution is 0.0954. The number of nitrogens with one attached hydrogen (secondary N) is 1.